The van der Waals surface area contributed by atoms with Gasteiger partial charge < -0.3 is 10.6 Å². The van der Waals surface area contributed by atoms with Crippen LogP contribution in [0.15, 0.2) is 24.3 Å². The van der Waals surface area contributed by atoms with Gasteiger partial charge in [-0.25, -0.2) is 0 Å². The second-order valence-electron chi connectivity index (χ2n) is 6.90. The van der Waals surface area contributed by atoms with Gasteiger partial charge in [-0.2, -0.15) is 0 Å². The van der Waals surface area contributed by atoms with E-state index in [2.05, 4.69) is 39.8 Å². The van der Waals surface area contributed by atoms with E-state index in [1.165, 1.54) is 43.5 Å². The number of carbonyl (C=O) groups is 1. The minimum Gasteiger partial charge on any atom is -0.352 e. The summed E-state index contributed by atoms with van der Waals surface area (Å²) in [5.41, 5.74) is 2.56. The van der Waals surface area contributed by atoms with Crippen molar-refractivity contribution in [3.05, 3.63) is 35.4 Å². The number of hydrogen-bond donors (Lipinski definition) is 2. The lowest BCUT2D eigenvalue weighted by atomic mass is 9.97. The molecule has 0 aliphatic carbocycles. The number of piperidine rings is 2. The summed E-state index contributed by atoms with van der Waals surface area (Å²) in [5, 5.41) is 6.39. The SMILES string of the molecule is O=C(NCc1ccc(CN2CCCCC2)cc1)C1CCNCC1. The molecular formula is C19H29N3O. The lowest BCUT2D eigenvalue weighted by Crippen LogP contribution is -2.37. The summed E-state index contributed by atoms with van der Waals surface area (Å²) in [6.45, 7) is 6.09. The average Bonchev–Trinajstić information content (AvgIpc) is 2.62. The van der Waals surface area contributed by atoms with Crippen molar-refractivity contribution in [2.45, 2.75) is 45.2 Å². The Morgan fingerprint density at radius 3 is 2.39 bits per heavy atom. The van der Waals surface area contributed by atoms with Crippen molar-refractivity contribution in [2.24, 2.45) is 5.92 Å². The first-order chi connectivity index (χ1) is 11.3. The topological polar surface area (TPSA) is 44.4 Å². The van der Waals surface area contributed by atoms with Gasteiger partial charge in [0.1, 0.15) is 0 Å². The van der Waals surface area contributed by atoms with Gasteiger partial charge in [0.15, 0.2) is 0 Å². The van der Waals surface area contributed by atoms with Crippen LogP contribution >= 0.6 is 0 Å². The molecular weight excluding hydrogens is 286 g/mol. The molecule has 2 aliphatic rings. The summed E-state index contributed by atoms with van der Waals surface area (Å²) in [6.07, 6.45) is 5.97. The molecule has 4 nitrogen and oxygen atoms in total. The van der Waals surface area contributed by atoms with E-state index in [4.69, 9.17) is 0 Å². The highest BCUT2D eigenvalue weighted by Gasteiger charge is 2.20. The zero-order valence-electron chi connectivity index (χ0n) is 14.0. The zero-order valence-corrected chi connectivity index (χ0v) is 14.0. The molecule has 2 aliphatic heterocycles. The van der Waals surface area contributed by atoms with Gasteiger partial charge in [-0.1, -0.05) is 30.7 Å². The van der Waals surface area contributed by atoms with Crippen molar-refractivity contribution in [1.29, 1.82) is 0 Å². The first kappa shape index (κ1) is 16.5. The smallest absolute Gasteiger partial charge is 0.223 e. The highest BCUT2D eigenvalue weighted by Crippen LogP contribution is 2.14. The van der Waals surface area contributed by atoms with Gasteiger partial charge >= 0.3 is 0 Å². The number of nitrogens with zero attached hydrogens (tertiary/aromatic N) is 1. The molecule has 1 aromatic carbocycles. The van der Waals surface area contributed by atoms with Crippen LogP contribution in [0.5, 0.6) is 0 Å². The van der Waals surface area contributed by atoms with Crippen LogP contribution in [-0.4, -0.2) is 37.0 Å². The Bertz CT molecular complexity index is 488. The van der Waals surface area contributed by atoms with Crippen molar-refractivity contribution >= 4 is 5.91 Å². The second-order valence-corrected chi connectivity index (χ2v) is 6.90. The molecule has 2 N–H and O–H groups in total. The molecule has 0 radical (unpaired) electrons. The van der Waals surface area contributed by atoms with Crippen LogP contribution in [0.1, 0.15) is 43.2 Å². The molecule has 2 saturated heterocycles. The van der Waals surface area contributed by atoms with Crippen molar-refractivity contribution in [3.63, 3.8) is 0 Å². The summed E-state index contributed by atoms with van der Waals surface area (Å²) in [5.74, 6) is 0.401. The molecule has 1 aromatic rings. The molecule has 0 atom stereocenters. The van der Waals surface area contributed by atoms with Gasteiger partial charge in [0, 0.05) is 19.0 Å². The van der Waals surface area contributed by atoms with Crippen LogP contribution in [0.25, 0.3) is 0 Å². The molecule has 0 unspecified atom stereocenters. The Morgan fingerprint density at radius 1 is 1.04 bits per heavy atom. The lowest BCUT2D eigenvalue weighted by molar-refractivity contribution is -0.125. The Balaban J connectivity index is 1.44. The second kappa shape index (κ2) is 8.46. The summed E-state index contributed by atoms with van der Waals surface area (Å²) in [4.78, 5) is 14.7. The van der Waals surface area contributed by atoms with E-state index >= 15 is 0 Å². The molecule has 2 heterocycles. The Kier molecular flexibility index (Phi) is 6.06. The normalized spacial score (nSPS) is 20.3. The fourth-order valence-corrected chi connectivity index (χ4v) is 3.56. The fourth-order valence-electron chi connectivity index (χ4n) is 3.56. The quantitative estimate of drug-likeness (QED) is 0.876. The van der Waals surface area contributed by atoms with Crippen LogP contribution in [0, 0.1) is 5.92 Å². The van der Waals surface area contributed by atoms with Crippen molar-refractivity contribution in [2.75, 3.05) is 26.2 Å². The molecule has 4 heteroatoms. The molecule has 126 valence electrons. The summed E-state index contributed by atoms with van der Waals surface area (Å²) in [7, 11) is 0. The molecule has 0 spiro atoms. The minimum absolute atomic E-state index is 0.189. The molecule has 0 aromatic heterocycles. The predicted octanol–water partition coefficient (Wildman–Crippen LogP) is 2.29. The molecule has 0 saturated carbocycles. The highest BCUT2D eigenvalue weighted by molar-refractivity contribution is 5.78. The van der Waals surface area contributed by atoms with E-state index in [1.54, 1.807) is 0 Å². The highest BCUT2D eigenvalue weighted by atomic mass is 16.1. The Hall–Kier alpha value is -1.39. The zero-order chi connectivity index (χ0) is 15.9. The van der Waals surface area contributed by atoms with E-state index in [9.17, 15) is 4.79 Å². The molecule has 1 amide bonds. The van der Waals surface area contributed by atoms with Crippen molar-refractivity contribution < 1.29 is 4.79 Å². The van der Waals surface area contributed by atoms with Gasteiger partial charge in [-0.15, -0.1) is 0 Å². The monoisotopic (exact) mass is 315 g/mol. The molecule has 0 bridgehead atoms. The summed E-state index contributed by atoms with van der Waals surface area (Å²) < 4.78 is 0. The van der Waals surface area contributed by atoms with Gasteiger partial charge in [-0.05, 0) is 63.0 Å². The number of rotatable bonds is 5. The predicted molar refractivity (Wildman–Crippen MR) is 93.0 cm³/mol. The third-order valence-electron chi connectivity index (χ3n) is 5.05. The fraction of sp³-hybridized carbons (Fsp3) is 0.632. The maximum atomic E-state index is 12.2. The van der Waals surface area contributed by atoms with Crippen molar-refractivity contribution in [1.82, 2.24) is 15.5 Å². The van der Waals surface area contributed by atoms with Crippen LogP contribution in [0.2, 0.25) is 0 Å². The number of nitrogens with one attached hydrogen (secondary N) is 2. The largest absolute Gasteiger partial charge is 0.352 e. The first-order valence-corrected chi connectivity index (χ1v) is 9.10. The number of benzene rings is 1. The van der Waals surface area contributed by atoms with Gasteiger partial charge in [-0.3, -0.25) is 9.69 Å². The molecule has 2 fully saturated rings. The first-order valence-electron chi connectivity index (χ1n) is 9.10. The lowest BCUT2D eigenvalue weighted by Gasteiger charge is -2.26. The number of hydrogen-bond acceptors (Lipinski definition) is 3. The third kappa shape index (κ3) is 5.05. The molecule has 23 heavy (non-hydrogen) atoms. The van der Waals surface area contributed by atoms with E-state index in [0.29, 0.717) is 6.54 Å². The van der Waals surface area contributed by atoms with Crippen LogP contribution in [0.4, 0.5) is 0 Å². The van der Waals surface area contributed by atoms with E-state index in [0.717, 1.165) is 32.5 Å². The Labute approximate surface area is 139 Å². The van der Waals surface area contributed by atoms with E-state index in [1.807, 2.05) is 0 Å². The van der Waals surface area contributed by atoms with Gasteiger partial charge in [0.05, 0.1) is 0 Å². The summed E-state index contributed by atoms with van der Waals surface area (Å²) in [6, 6.07) is 8.73. The average molecular weight is 315 g/mol. The van der Waals surface area contributed by atoms with E-state index < -0.39 is 0 Å². The van der Waals surface area contributed by atoms with Crippen LogP contribution in [0.3, 0.4) is 0 Å². The van der Waals surface area contributed by atoms with Crippen LogP contribution in [-0.2, 0) is 17.9 Å². The maximum Gasteiger partial charge on any atom is 0.223 e. The third-order valence-corrected chi connectivity index (χ3v) is 5.05. The Morgan fingerprint density at radius 2 is 1.70 bits per heavy atom. The number of likely N-dealkylation sites (tertiary alicyclic amines) is 1. The van der Waals surface area contributed by atoms with Gasteiger partial charge in [0.25, 0.3) is 0 Å². The maximum absolute atomic E-state index is 12.2. The minimum atomic E-state index is 0.189. The summed E-state index contributed by atoms with van der Waals surface area (Å²) >= 11 is 0. The van der Waals surface area contributed by atoms with E-state index in [-0.39, 0.29) is 11.8 Å². The van der Waals surface area contributed by atoms with Crippen molar-refractivity contribution in [3.8, 4) is 0 Å². The number of amides is 1. The van der Waals surface area contributed by atoms with Crippen LogP contribution < -0.4 is 10.6 Å². The molecule has 3 rings (SSSR count). The number of carbonyl (C=O) groups excluding carboxylic acids is 1. The van der Waals surface area contributed by atoms with Gasteiger partial charge in [0.2, 0.25) is 5.91 Å². The standard InChI is InChI=1S/C19H29N3O/c23-19(18-8-10-20-11-9-18)21-14-16-4-6-17(7-5-16)15-22-12-2-1-3-13-22/h4-7,18,20H,1-3,8-15H2,(H,21,23).